The Morgan fingerprint density at radius 1 is 1.26 bits per heavy atom. The SMILES string of the molecule is COc1ccc(Nc2ccc(Br)cc2C#N)cc1F. The zero-order chi connectivity index (χ0) is 13.8. The van der Waals surface area contributed by atoms with Crippen molar-refractivity contribution in [2.45, 2.75) is 0 Å². The molecule has 19 heavy (non-hydrogen) atoms. The number of methoxy groups -OCH3 is 1. The second-order valence-electron chi connectivity index (χ2n) is 3.78. The minimum Gasteiger partial charge on any atom is -0.494 e. The van der Waals surface area contributed by atoms with Gasteiger partial charge in [-0.3, -0.25) is 0 Å². The van der Waals surface area contributed by atoms with Gasteiger partial charge >= 0.3 is 0 Å². The van der Waals surface area contributed by atoms with Gasteiger partial charge in [-0.15, -0.1) is 0 Å². The van der Waals surface area contributed by atoms with Crippen LogP contribution in [-0.4, -0.2) is 7.11 Å². The molecule has 0 unspecified atom stereocenters. The summed E-state index contributed by atoms with van der Waals surface area (Å²) in [5.74, 6) is -0.273. The number of anilines is 2. The van der Waals surface area contributed by atoms with E-state index < -0.39 is 5.82 Å². The minimum atomic E-state index is -0.455. The molecule has 3 nitrogen and oxygen atoms in total. The third-order valence-corrected chi connectivity index (χ3v) is 3.03. The third kappa shape index (κ3) is 3.04. The summed E-state index contributed by atoms with van der Waals surface area (Å²) in [4.78, 5) is 0. The largest absolute Gasteiger partial charge is 0.494 e. The highest BCUT2D eigenvalue weighted by atomic mass is 79.9. The van der Waals surface area contributed by atoms with E-state index in [0.29, 0.717) is 16.9 Å². The number of hydrogen-bond acceptors (Lipinski definition) is 3. The van der Waals surface area contributed by atoms with Gasteiger partial charge in [0.25, 0.3) is 0 Å². The first-order valence-electron chi connectivity index (χ1n) is 5.44. The molecular formula is C14H10BrFN2O. The molecule has 0 atom stereocenters. The minimum absolute atomic E-state index is 0.182. The quantitative estimate of drug-likeness (QED) is 0.921. The van der Waals surface area contributed by atoms with E-state index in [0.717, 1.165) is 4.47 Å². The van der Waals surface area contributed by atoms with Crippen LogP contribution in [0.4, 0.5) is 15.8 Å². The van der Waals surface area contributed by atoms with Crippen molar-refractivity contribution < 1.29 is 9.13 Å². The zero-order valence-corrected chi connectivity index (χ0v) is 11.7. The molecule has 0 radical (unpaired) electrons. The lowest BCUT2D eigenvalue weighted by molar-refractivity contribution is 0.386. The van der Waals surface area contributed by atoms with E-state index in [1.807, 2.05) is 6.07 Å². The number of nitrogens with one attached hydrogen (secondary N) is 1. The lowest BCUT2D eigenvalue weighted by Crippen LogP contribution is -1.95. The monoisotopic (exact) mass is 320 g/mol. The topological polar surface area (TPSA) is 45.0 Å². The predicted molar refractivity (Wildman–Crippen MR) is 75.1 cm³/mol. The van der Waals surface area contributed by atoms with Gasteiger partial charge < -0.3 is 10.1 Å². The normalized spacial score (nSPS) is 9.79. The molecule has 0 saturated heterocycles. The van der Waals surface area contributed by atoms with E-state index in [9.17, 15) is 4.39 Å². The Balaban J connectivity index is 2.31. The van der Waals surface area contributed by atoms with E-state index in [2.05, 4.69) is 27.3 Å². The van der Waals surface area contributed by atoms with Gasteiger partial charge in [-0.2, -0.15) is 5.26 Å². The Morgan fingerprint density at radius 3 is 2.68 bits per heavy atom. The Kier molecular flexibility index (Phi) is 4.03. The molecule has 5 heteroatoms. The van der Waals surface area contributed by atoms with Crippen molar-refractivity contribution in [1.29, 1.82) is 5.26 Å². The molecule has 0 aliphatic heterocycles. The standard InChI is InChI=1S/C14H10BrFN2O/c1-19-14-5-3-11(7-12(14)16)18-13-4-2-10(15)6-9(13)8-17/h2-7,18H,1H3. The number of nitrogens with zero attached hydrogens (tertiary/aromatic N) is 1. The number of halogens is 2. The third-order valence-electron chi connectivity index (χ3n) is 2.53. The number of ether oxygens (including phenoxy) is 1. The van der Waals surface area contributed by atoms with Crippen molar-refractivity contribution in [2.75, 3.05) is 12.4 Å². The average Bonchev–Trinajstić information content (AvgIpc) is 2.41. The molecule has 1 N–H and O–H groups in total. The fourth-order valence-electron chi connectivity index (χ4n) is 1.62. The Morgan fingerprint density at radius 2 is 2.05 bits per heavy atom. The molecule has 0 saturated carbocycles. The van der Waals surface area contributed by atoms with Crippen molar-refractivity contribution in [1.82, 2.24) is 0 Å². The summed E-state index contributed by atoms with van der Waals surface area (Å²) in [6.07, 6.45) is 0. The first-order chi connectivity index (χ1) is 9.13. The molecule has 96 valence electrons. The number of hydrogen-bond donors (Lipinski definition) is 1. The summed E-state index contributed by atoms with van der Waals surface area (Å²) in [5.41, 5.74) is 1.65. The van der Waals surface area contributed by atoms with Crippen LogP contribution in [0.1, 0.15) is 5.56 Å². The first kappa shape index (κ1) is 13.4. The fourth-order valence-corrected chi connectivity index (χ4v) is 1.98. The molecule has 2 aromatic carbocycles. The smallest absolute Gasteiger partial charge is 0.167 e. The number of nitriles is 1. The molecule has 0 aromatic heterocycles. The molecule has 0 spiro atoms. The maximum absolute atomic E-state index is 13.6. The van der Waals surface area contributed by atoms with Gasteiger partial charge in [0.05, 0.1) is 18.4 Å². The summed E-state index contributed by atoms with van der Waals surface area (Å²) in [6.45, 7) is 0. The predicted octanol–water partition coefficient (Wildman–Crippen LogP) is 4.21. The highest BCUT2D eigenvalue weighted by Crippen LogP contribution is 2.26. The zero-order valence-electron chi connectivity index (χ0n) is 10.1. The summed E-state index contributed by atoms with van der Waals surface area (Å²) in [6, 6.07) is 11.9. The molecule has 2 aromatic rings. The van der Waals surface area contributed by atoms with Gasteiger partial charge in [-0.05, 0) is 30.3 Å². The van der Waals surface area contributed by atoms with E-state index in [1.165, 1.54) is 19.2 Å². The second kappa shape index (κ2) is 5.72. The summed E-state index contributed by atoms with van der Waals surface area (Å²) >= 11 is 3.30. The first-order valence-corrected chi connectivity index (χ1v) is 6.23. The van der Waals surface area contributed by atoms with Gasteiger partial charge in [-0.1, -0.05) is 15.9 Å². The van der Waals surface area contributed by atoms with Gasteiger partial charge in [0.2, 0.25) is 0 Å². The van der Waals surface area contributed by atoms with Crippen LogP contribution >= 0.6 is 15.9 Å². The van der Waals surface area contributed by atoms with E-state index in [-0.39, 0.29) is 5.75 Å². The van der Waals surface area contributed by atoms with Gasteiger partial charge in [0, 0.05) is 16.2 Å². The van der Waals surface area contributed by atoms with Crippen LogP contribution < -0.4 is 10.1 Å². The van der Waals surface area contributed by atoms with E-state index in [1.54, 1.807) is 18.2 Å². The van der Waals surface area contributed by atoms with Crippen molar-refractivity contribution in [3.63, 3.8) is 0 Å². The van der Waals surface area contributed by atoms with Crippen molar-refractivity contribution >= 4 is 27.3 Å². The van der Waals surface area contributed by atoms with Gasteiger partial charge in [-0.25, -0.2) is 4.39 Å². The van der Waals surface area contributed by atoms with Gasteiger partial charge in [0.1, 0.15) is 6.07 Å². The molecule has 0 aliphatic rings. The van der Waals surface area contributed by atoms with Crippen LogP contribution in [0.15, 0.2) is 40.9 Å². The van der Waals surface area contributed by atoms with E-state index in [4.69, 9.17) is 10.00 Å². The van der Waals surface area contributed by atoms with Crippen molar-refractivity contribution in [2.24, 2.45) is 0 Å². The van der Waals surface area contributed by atoms with Crippen LogP contribution in [0.25, 0.3) is 0 Å². The summed E-state index contributed by atoms with van der Waals surface area (Å²) in [5, 5.41) is 12.1. The molecule has 2 rings (SSSR count). The fraction of sp³-hybridized carbons (Fsp3) is 0.0714. The molecule has 0 bridgehead atoms. The summed E-state index contributed by atoms with van der Waals surface area (Å²) in [7, 11) is 1.41. The number of rotatable bonds is 3. The van der Waals surface area contributed by atoms with Crippen LogP contribution in [-0.2, 0) is 0 Å². The van der Waals surface area contributed by atoms with Crippen molar-refractivity contribution in [3.8, 4) is 11.8 Å². The van der Waals surface area contributed by atoms with Crippen LogP contribution in [0.2, 0.25) is 0 Å². The molecular weight excluding hydrogens is 311 g/mol. The van der Waals surface area contributed by atoms with Crippen LogP contribution in [0.3, 0.4) is 0 Å². The highest BCUT2D eigenvalue weighted by molar-refractivity contribution is 9.10. The van der Waals surface area contributed by atoms with Crippen LogP contribution in [0.5, 0.6) is 5.75 Å². The Labute approximate surface area is 118 Å². The number of benzene rings is 2. The lowest BCUT2D eigenvalue weighted by Gasteiger charge is -2.10. The molecule has 0 fully saturated rings. The Bertz CT molecular complexity index is 652. The maximum atomic E-state index is 13.6. The lowest BCUT2D eigenvalue weighted by atomic mass is 10.2. The average molecular weight is 321 g/mol. The van der Waals surface area contributed by atoms with Gasteiger partial charge in [0.15, 0.2) is 11.6 Å². The summed E-state index contributed by atoms with van der Waals surface area (Å²) < 4.78 is 19.2. The van der Waals surface area contributed by atoms with Crippen LogP contribution in [0, 0.1) is 17.1 Å². The second-order valence-corrected chi connectivity index (χ2v) is 4.69. The van der Waals surface area contributed by atoms with Crippen molar-refractivity contribution in [3.05, 3.63) is 52.3 Å². The molecule has 0 heterocycles. The van der Waals surface area contributed by atoms with E-state index >= 15 is 0 Å². The highest BCUT2D eigenvalue weighted by Gasteiger charge is 2.06. The molecule has 0 aliphatic carbocycles. The Hall–Kier alpha value is -2.06. The molecule has 0 amide bonds. The maximum Gasteiger partial charge on any atom is 0.167 e.